The van der Waals surface area contributed by atoms with E-state index in [0.29, 0.717) is 0 Å². The highest BCUT2D eigenvalue weighted by atomic mass is 32.2. The van der Waals surface area contributed by atoms with Crippen molar-refractivity contribution in [2.45, 2.75) is 17.2 Å². The molecule has 2 atom stereocenters. The van der Waals surface area contributed by atoms with Crippen LogP contribution in [0.25, 0.3) is 0 Å². The minimum Gasteiger partial charge on any atom is -0.350 e. The maximum absolute atomic E-state index is 2.55. The molecule has 136 valence electrons. The van der Waals surface area contributed by atoms with Gasteiger partial charge in [-0.25, -0.2) is 0 Å². The second kappa shape index (κ2) is 6.24. The summed E-state index contributed by atoms with van der Waals surface area (Å²) in [7, 11) is 4.43. The van der Waals surface area contributed by atoms with Crippen LogP contribution < -0.4 is 14.7 Å². The number of hydrogen-bond donors (Lipinski definition) is 0. The molecule has 0 spiro atoms. The van der Waals surface area contributed by atoms with E-state index in [9.17, 15) is 0 Å². The number of benzene rings is 3. The summed E-state index contributed by atoms with van der Waals surface area (Å²) < 4.78 is 0. The summed E-state index contributed by atoms with van der Waals surface area (Å²) in [6.45, 7) is 0. The molecule has 2 aliphatic heterocycles. The zero-order valence-electron chi connectivity index (χ0n) is 15.8. The molecule has 0 amide bonds. The zero-order chi connectivity index (χ0) is 18.5. The number of rotatable bonds is 2. The molecule has 2 aliphatic rings. The molecular weight excluding hydrogens is 350 g/mol. The van der Waals surface area contributed by atoms with E-state index in [2.05, 4.69) is 108 Å². The number of thioether (sulfide) groups is 1. The zero-order valence-corrected chi connectivity index (χ0v) is 16.6. The Balaban J connectivity index is 1.75. The van der Waals surface area contributed by atoms with Gasteiger partial charge in [-0.3, -0.25) is 0 Å². The molecule has 3 aromatic rings. The highest BCUT2D eigenvalue weighted by Crippen LogP contribution is 2.53. The summed E-state index contributed by atoms with van der Waals surface area (Å²) in [5.74, 6) is 0. The van der Waals surface area contributed by atoms with Crippen LogP contribution in [0.4, 0.5) is 17.1 Å². The van der Waals surface area contributed by atoms with Crippen molar-refractivity contribution >= 4 is 28.8 Å². The van der Waals surface area contributed by atoms with Crippen LogP contribution in [0.2, 0.25) is 0 Å². The van der Waals surface area contributed by atoms with Gasteiger partial charge >= 0.3 is 0 Å². The molecule has 27 heavy (non-hydrogen) atoms. The molecule has 3 nitrogen and oxygen atoms in total. The predicted molar refractivity (Wildman–Crippen MR) is 116 cm³/mol. The number of anilines is 3. The lowest BCUT2D eigenvalue weighted by atomic mass is 9.93. The fourth-order valence-corrected chi connectivity index (χ4v) is 4.99. The van der Waals surface area contributed by atoms with Crippen molar-refractivity contribution in [1.29, 1.82) is 0 Å². The van der Waals surface area contributed by atoms with Crippen LogP contribution in [0, 0.1) is 0 Å². The first-order valence-electron chi connectivity index (χ1n) is 9.26. The van der Waals surface area contributed by atoms with Gasteiger partial charge in [-0.1, -0.05) is 36.4 Å². The van der Waals surface area contributed by atoms with Gasteiger partial charge in [0.1, 0.15) is 12.3 Å². The van der Waals surface area contributed by atoms with E-state index in [-0.39, 0.29) is 12.3 Å². The lowest BCUT2D eigenvalue weighted by Gasteiger charge is -2.57. The van der Waals surface area contributed by atoms with Gasteiger partial charge in [0.05, 0.1) is 0 Å². The summed E-state index contributed by atoms with van der Waals surface area (Å²) in [6.07, 6.45) is 2.48. The summed E-state index contributed by atoms with van der Waals surface area (Å²) in [5.41, 5.74) is 6.58. The van der Waals surface area contributed by atoms with Crippen LogP contribution in [0.5, 0.6) is 0 Å². The Bertz CT molecular complexity index is 927. The van der Waals surface area contributed by atoms with Crippen LogP contribution in [-0.2, 0) is 0 Å². The molecule has 0 saturated heterocycles. The number of hydrogen-bond acceptors (Lipinski definition) is 4. The van der Waals surface area contributed by atoms with Gasteiger partial charge in [0.25, 0.3) is 0 Å². The topological polar surface area (TPSA) is 9.72 Å². The van der Waals surface area contributed by atoms with E-state index in [0.717, 1.165) is 0 Å². The van der Waals surface area contributed by atoms with E-state index in [1.807, 2.05) is 0 Å². The molecule has 2 heterocycles. The van der Waals surface area contributed by atoms with E-state index in [1.165, 1.54) is 33.1 Å². The molecule has 3 aromatic carbocycles. The third-order valence-electron chi connectivity index (χ3n) is 5.82. The Labute approximate surface area is 165 Å². The highest BCUT2D eigenvalue weighted by Gasteiger charge is 2.45. The Hall–Kier alpha value is -2.59. The summed E-state index contributed by atoms with van der Waals surface area (Å²) in [5, 5.41) is 0. The van der Waals surface area contributed by atoms with Gasteiger partial charge in [-0.05, 0) is 42.7 Å². The van der Waals surface area contributed by atoms with E-state index >= 15 is 0 Å². The van der Waals surface area contributed by atoms with Gasteiger partial charge in [0.2, 0.25) is 0 Å². The fourth-order valence-electron chi connectivity index (χ4n) is 4.58. The van der Waals surface area contributed by atoms with Crippen LogP contribution in [-0.4, -0.2) is 20.4 Å². The molecule has 0 fully saturated rings. The summed E-state index contributed by atoms with van der Waals surface area (Å²) in [6, 6.07) is 26.6. The van der Waals surface area contributed by atoms with Crippen molar-refractivity contribution in [2.24, 2.45) is 0 Å². The molecule has 0 saturated carbocycles. The van der Waals surface area contributed by atoms with Crippen LogP contribution >= 0.6 is 11.8 Å². The van der Waals surface area contributed by atoms with E-state index in [4.69, 9.17) is 0 Å². The molecule has 0 radical (unpaired) electrons. The maximum Gasteiger partial charge on any atom is 0.132 e. The van der Waals surface area contributed by atoms with Crippen molar-refractivity contribution in [3.63, 3.8) is 0 Å². The monoisotopic (exact) mass is 373 g/mol. The van der Waals surface area contributed by atoms with Gasteiger partial charge in [-0.2, -0.15) is 0 Å². The van der Waals surface area contributed by atoms with E-state index in [1.54, 1.807) is 11.8 Å². The third kappa shape index (κ3) is 2.36. The predicted octanol–water partition coefficient (Wildman–Crippen LogP) is 5.51. The Morgan fingerprint density at radius 2 is 1.15 bits per heavy atom. The largest absolute Gasteiger partial charge is 0.350 e. The lowest BCUT2D eigenvalue weighted by Crippen LogP contribution is -2.55. The lowest BCUT2D eigenvalue weighted by molar-refractivity contribution is 0.464. The third-order valence-corrected chi connectivity index (χ3v) is 6.56. The molecular formula is C23H23N3S. The maximum atomic E-state index is 2.55. The minimum atomic E-state index is 0.178. The average Bonchev–Trinajstić information content (AvgIpc) is 2.73. The first kappa shape index (κ1) is 16.6. The number of nitrogens with zero attached hydrogens (tertiary/aromatic N) is 3. The Morgan fingerprint density at radius 3 is 1.63 bits per heavy atom. The quantitative estimate of drug-likeness (QED) is 0.548. The molecule has 5 rings (SSSR count). The summed E-state index contributed by atoms with van der Waals surface area (Å²) in [4.78, 5) is 8.68. The first-order valence-corrected chi connectivity index (χ1v) is 10.5. The smallest absolute Gasteiger partial charge is 0.132 e. The first-order chi connectivity index (χ1) is 13.2. The highest BCUT2D eigenvalue weighted by molar-refractivity contribution is 7.98. The molecule has 2 unspecified atom stereocenters. The molecule has 0 N–H and O–H groups in total. The van der Waals surface area contributed by atoms with Crippen LogP contribution in [0.15, 0.2) is 77.7 Å². The fraction of sp³-hybridized carbons (Fsp3) is 0.217. The van der Waals surface area contributed by atoms with Crippen LogP contribution in [0.3, 0.4) is 0 Å². The van der Waals surface area contributed by atoms with Crippen molar-refractivity contribution in [2.75, 3.05) is 35.1 Å². The second-order valence-corrected chi connectivity index (χ2v) is 8.07. The number of para-hydroxylation sites is 2. The summed E-state index contributed by atoms with van der Waals surface area (Å²) >= 11 is 1.78. The molecule has 0 aromatic heterocycles. The van der Waals surface area contributed by atoms with Crippen molar-refractivity contribution < 1.29 is 0 Å². The van der Waals surface area contributed by atoms with E-state index < -0.39 is 0 Å². The van der Waals surface area contributed by atoms with Crippen LogP contribution in [0.1, 0.15) is 23.5 Å². The van der Waals surface area contributed by atoms with Gasteiger partial charge in [0.15, 0.2) is 0 Å². The van der Waals surface area contributed by atoms with Crippen molar-refractivity contribution in [3.05, 3.63) is 83.9 Å². The normalized spacial score (nSPS) is 20.3. The molecule has 2 bridgehead atoms. The standard InChI is InChI=1S/C23H23N3S/c1-24-20-10-6-4-8-18(20)23-25(2)21-11-7-5-9-19(21)22(24)26(23)16-12-14-17(27-3)15-13-16/h4-15,22-23H,1-3H3. The second-order valence-electron chi connectivity index (χ2n) is 7.19. The average molecular weight is 374 g/mol. The molecule has 4 heteroatoms. The number of fused-ring (bicyclic) bond motifs is 6. The Kier molecular flexibility index (Phi) is 3.83. The minimum absolute atomic E-state index is 0.178. The van der Waals surface area contributed by atoms with Gasteiger partial charge in [0, 0.05) is 47.2 Å². The van der Waals surface area contributed by atoms with Gasteiger partial charge < -0.3 is 14.7 Å². The SMILES string of the molecule is CSc1ccc(N2C3c4ccccc4N(C)C2c2ccccc2N3C)cc1. The van der Waals surface area contributed by atoms with Crippen molar-refractivity contribution in [1.82, 2.24) is 0 Å². The van der Waals surface area contributed by atoms with Crippen molar-refractivity contribution in [3.8, 4) is 0 Å². The van der Waals surface area contributed by atoms with Gasteiger partial charge in [-0.15, -0.1) is 11.8 Å². The molecule has 0 aliphatic carbocycles. The Morgan fingerprint density at radius 1 is 0.667 bits per heavy atom.